The molecule has 5 heteroatoms. The Morgan fingerprint density at radius 1 is 1.33 bits per heavy atom. The molecule has 1 atom stereocenters. The second kappa shape index (κ2) is 6.26. The fourth-order valence-corrected chi connectivity index (χ4v) is 2.45. The summed E-state index contributed by atoms with van der Waals surface area (Å²) < 4.78 is 0. The fraction of sp³-hybridized carbons (Fsp3) is 0.500. The van der Waals surface area contributed by atoms with E-state index in [9.17, 15) is 9.59 Å². The van der Waals surface area contributed by atoms with Gasteiger partial charge >= 0.3 is 0 Å². The first-order chi connectivity index (χ1) is 9.89. The minimum atomic E-state index is -0.217. The molecule has 1 heterocycles. The number of carbonyl (C=O) groups is 2. The summed E-state index contributed by atoms with van der Waals surface area (Å²) in [6.45, 7) is 7.61. The molecular formula is C16H23N3O2. The van der Waals surface area contributed by atoms with Crippen LogP contribution in [0.1, 0.15) is 31.1 Å². The van der Waals surface area contributed by atoms with Crippen LogP contribution >= 0.6 is 0 Å². The van der Waals surface area contributed by atoms with Crippen molar-refractivity contribution in [1.82, 2.24) is 15.5 Å². The quantitative estimate of drug-likeness (QED) is 0.873. The summed E-state index contributed by atoms with van der Waals surface area (Å²) in [5.74, 6) is -0.257. The maximum Gasteiger partial charge on any atom is 0.251 e. The first-order valence-electron chi connectivity index (χ1n) is 7.27. The molecule has 2 amide bonds. The van der Waals surface area contributed by atoms with Crippen LogP contribution in [-0.4, -0.2) is 47.9 Å². The van der Waals surface area contributed by atoms with Crippen LogP contribution < -0.4 is 10.6 Å². The summed E-state index contributed by atoms with van der Waals surface area (Å²) in [4.78, 5) is 26.1. The molecule has 1 aliphatic heterocycles. The highest BCUT2D eigenvalue weighted by molar-refractivity contribution is 5.96. The summed E-state index contributed by atoms with van der Waals surface area (Å²) in [5.41, 5.74) is 0.477. The van der Waals surface area contributed by atoms with Crippen LogP contribution in [0.25, 0.3) is 0 Å². The zero-order chi connectivity index (χ0) is 15.5. The standard InChI is InChI=1S/C16H23N3O2/c1-12-9-18-16(2,3)11-19(12)14(20)10-17-15(21)13-7-5-4-6-8-13/h4-8,12,18H,9-11H2,1-3H3,(H,17,21). The van der Waals surface area contributed by atoms with E-state index in [1.54, 1.807) is 24.3 Å². The van der Waals surface area contributed by atoms with Crippen molar-refractivity contribution >= 4 is 11.8 Å². The molecule has 0 aliphatic carbocycles. The Hall–Kier alpha value is -1.88. The summed E-state index contributed by atoms with van der Waals surface area (Å²) in [7, 11) is 0. The molecule has 1 aromatic carbocycles. The van der Waals surface area contributed by atoms with E-state index in [1.165, 1.54) is 0 Å². The molecule has 0 aromatic heterocycles. The molecule has 21 heavy (non-hydrogen) atoms. The molecule has 1 aromatic rings. The van der Waals surface area contributed by atoms with Gasteiger partial charge in [0, 0.05) is 30.2 Å². The van der Waals surface area contributed by atoms with Crippen LogP contribution in [0.15, 0.2) is 30.3 Å². The number of nitrogens with zero attached hydrogens (tertiary/aromatic N) is 1. The topological polar surface area (TPSA) is 61.4 Å². The molecule has 0 saturated carbocycles. The van der Waals surface area contributed by atoms with E-state index in [4.69, 9.17) is 0 Å². The predicted octanol–water partition coefficient (Wildman–Crippen LogP) is 1.02. The van der Waals surface area contributed by atoms with E-state index in [2.05, 4.69) is 24.5 Å². The molecule has 2 N–H and O–H groups in total. The number of hydrogen-bond donors (Lipinski definition) is 2. The van der Waals surface area contributed by atoms with Crippen LogP contribution in [0.5, 0.6) is 0 Å². The SMILES string of the molecule is CC1CNC(C)(C)CN1C(=O)CNC(=O)c1ccccc1. The van der Waals surface area contributed by atoms with Crippen molar-refractivity contribution in [2.24, 2.45) is 0 Å². The summed E-state index contributed by atoms with van der Waals surface area (Å²) in [5, 5.41) is 6.10. The second-order valence-electron chi connectivity index (χ2n) is 6.18. The van der Waals surface area contributed by atoms with Gasteiger partial charge in [-0.05, 0) is 32.9 Å². The third-order valence-electron chi connectivity index (χ3n) is 3.73. The van der Waals surface area contributed by atoms with Gasteiger partial charge in [-0.1, -0.05) is 18.2 Å². The van der Waals surface area contributed by atoms with E-state index in [-0.39, 0.29) is 29.9 Å². The number of benzene rings is 1. The Morgan fingerprint density at radius 3 is 2.67 bits per heavy atom. The van der Waals surface area contributed by atoms with Crippen LogP contribution in [0.2, 0.25) is 0 Å². The highest BCUT2D eigenvalue weighted by atomic mass is 16.2. The van der Waals surface area contributed by atoms with Crippen molar-refractivity contribution in [1.29, 1.82) is 0 Å². The molecule has 1 aliphatic rings. The number of piperazine rings is 1. The van der Waals surface area contributed by atoms with E-state index in [1.807, 2.05) is 17.9 Å². The predicted molar refractivity (Wildman–Crippen MR) is 82.0 cm³/mol. The van der Waals surface area contributed by atoms with Gasteiger partial charge in [-0.25, -0.2) is 0 Å². The van der Waals surface area contributed by atoms with Crippen LogP contribution in [0, 0.1) is 0 Å². The molecule has 5 nitrogen and oxygen atoms in total. The number of carbonyl (C=O) groups excluding carboxylic acids is 2. The molecule has 1 fully saturated rings. The highest BCUT2D eigenvalue weighted by Crippen LogP contribution is 2.14. The molecule has 1 saturated heterocycles. The number of hydrogen-bond acceptors (Lipinski definition) is 3. The van der Waals surface area contributed by atoms with Gasteiger partial charge in [0.15, 0.2) is 0 Å². The summed E-state index contributed by atoms with van der Waals surface area (Å²) >= 11 is 0. The Balaban J connectivity index is 1.91. The third-order valence-corrected chi connectivity index (χ3v) is 3.73. The second-order valence-corrected chi connectivity index (χ2v) is 6.18. The molecule has 1 unspecified atom stereocenters. The van der Waals surface area contributed by atoms with E-state index >= 15 is 0 Å². The largest absolute Gasteiger partial charge is 0.343 e. The molecule has 0 bridgehead atoms. The molecule has 0 radical (unpaired) electrons. The Labute approximate surface area is 125 Å². The van der Waals surface area contributed by atoms with Gasteiger partial charge in [-0.15, -0.1) is 0 Å². The van der Waals surface area contributed by atoms with Crippen LogP contribution in [0.3, 0.4) is 0 Å². The smallest absolute Gasteiger partial charge is 0.251 e. The molecular weight excluding hydrogens is 266 g/mol. The molecule has 2 rings (SSSR count). The van der Waals surface area contributed by atoms with E-state index in [0.717, 1.165) is 6.54 Å². The zero-order valence-electron chi connectivity index (χ0n) is 12.8. The Bertz CT molecular complexity index is 514. The Kier molecular flexibility index (Phi) is 4.63. The van der Waals surface area contributed by atoms with Gasteiger partial charge in [0.05, 0.1) is 6.54 Å². The van der Waals surface area contributed by atoms with Gasteiger partial charge < -0.3 is 15.5 Å². The average molecular weight is 289 g/mol. The van der Waals surface area contributed by atoms with Gasteiger partial charge in [-0.2, -0.15) is 0 Å². The zero-order valence-corrected chi connectivity index (χ0v) is 12.8. The lowest BCUT2D eigenvalue weighted by molar-refractivity contribution is -0.134. The lowest BCUT2D eigenvalue weighted by atomic mass is 9.99. The first-order valence-corrected chi connectivity index (χ1v) is 7.27. The molecule has 114 valence electrons. The highest BCUT2D eigenvalue weighted by Gasteiger charge is 2.32. The number of amides is 2. The van der Waals surface area contributed by atoms with Crippen molar-refractivity contribution in [3.63, 3.8) is 0 Å². The Morgan fingerprint density at radius 2 is 2.00 bits per heavy atom. The third kappa shape index (κ3) is 4.04. The van der Waals surface area contributed by atoms with Gasteiger partial charge in [0.2, 0.25) is 5.91 Å². The summed E-state index contributed by atoms with van der Waals surface area (Å²) in [6, 6.07) is 9.06. The first kappa shape index (κ1) is 15.5. The minimum absolute atomic E-state index is 0.0359. The lowest BCUT2D eigenvalue weighted by Crippen LogP contribution is -2.63. The van der Waals surface area contributed by atoms with E-state index in [0.29, 0.717) is 12.1 Å². The van der Waals surface area contributed by atoms with Crippen molar-refractivity contribution in [3.8, 4) is 0 Å². The minimum Gasteiger partial charge on any atom is -0.343 e. The fourth-order valence-electron chi connectivity index (χ4n) is 2.45. The van der Waals surface area contributed by atoms with Crippen molar-refractivity contribution in [2.75, 3.05) is 19.6 Å². The molecule has 0 spiro atoms. The monoisotopic (exact) mass is 289 g/mol. The maximum absolute atomic E-state index is 12.3. The van der Waals surface area contributed by atoms with Crippen LogP contribution in [-0.2, 0) is 4.79 Å². The van der Waals surface area contributed by atoms with Crippen molar-refractivity contribution in [3.05, 3.63) is 35.9 Å². The number of nitrogens with one attached hydrogen (secondary N) is 2. The van der Waals surface area contributed by atoms with Gasteiger partial charge in [-0.3, -0.25) is 9.59 Å². The van der Waals surface area contributed by atoms with Crippen LogP contribution in [0.4, 0.5) is 0 Å². The van der Waals surface area contributed by atoms with Gasteiger partial charge in [0.1, 0.15) is 0 Å². The maximum atomic E-state index is 12.3. The number of rotatable bonds is 3. The summed E-state index contributed by atoms with van der Waals surface area (Å²) in [6.07, 6.45) is 0. The average Bonchev–Trinajstić information content (AvgIpc) is 2.48. The normalized spacial score (nSPS) is 20.9. The van der Waals surface area contributed by atoms with Crippen molar-refractivity contribution < 1.29 is 9.59 Å². The van der Waals surface area contributed by atoms with Crippen molar-refractivity contribution in [2.45, 2.75) is 32.4 Å². The van der Waals surface area contributed by atoms with Gasteiger partial charge in [0.25, 0.3) is 5.91 Å². The lowest BCUT2D eigenvalue weighted by Gasteiger charge is -2.43. The van der Waals surface area contributed by atoms with E-state index < -0.39 is 0 Å².